The van der Waals surface area contributed by atoms with Gasteiger partial charge in [-0.15, -0.1) is 0 Å². The molecule has 116 valence electrons. The van der Waals surface area contributed by atoms with Crippen LogP contribution in [0.3, 0.4) is 0 Å². The van der Waals surface area contributed by atoms with Crippen molar-refractivity contribution in [2.24, 2.45) is 5.92 Å². The molecule has 2 rings (SSSR count). The van der Waals surface area contributed by atoms with Crippen LogP contribution in [0.2, 0.25) is 0 Å². The minimum atomic E-state index is 0.0849. The van der Waals surface area contributed by atoms with E-state index < -0.39 is 0 Å². The molecule has 1 amide bonds. The van der Waals surface area contributed by atoms with Crippen LogP contribution in [-0.2, 0) is 4.79 Å². The van der Waals surface area contributed by atoms with Crippen LogP contribution in [0.15, 0.2) is 22.7 Å². The lowest BCUT2D eigenvalue weighted by Gasteiger charge is -2.30. The summed E-state index contributed by atoms with van der Waals surface area (Å²) in [5.74, 6) is 2.03. The van der Waals surface area contributed by atoms with Gasteiger partial charge in [-0.1, -0.05) is 26.8 Å². The lowest BCUT2D eigenvalue weighted by Crippen LogP contribution is -2.40. The van der Waals surface area contributed by atoms with Crippen LogP contribution in [0.4, 0.5) is 0 Å². The van der Waals surface area contributed by atoms with E-state index in [0.717, 1.165) is 42.1 Å². The Hall–Kier alpha value is -1.03. The van der Waals surface area contributed by atoms with E-state index in [-0.39, 0.29) is 12.5 Å². The van der Waals surface area contributed by atoms with Gasteiger partial charge in [0.1, 0.15) is 5.75 Å². The number of nitrogens with zero attached hydrogens (tertiary/aromatic N) is 1. The van der Waals surface area contributed by atoms with Gasteiger partial charge in [0.05, 0.1) is 4.47 Å². The second-order valence-electron chi connectivity index (χ2n) is 6.20. The Morgan fingerprint density at radius 1 is 1.38 bits per heavy atom. The van der Waals surface area contributed by atoms with Gasteiger partial charge in [0.2, 0.25) is 0 Å². The summed E-state index contributed by atoms with van der Waals surface area (Å²) >= 11 is 3.52. The van der Waals surface area contributed by atoms with Crippen molar-refractivity contribution in [3.63, 3.8) is 0 Å². The van der Waals surface area contributed by atoms with Gasteiger partial charge < -0.3 is 9.64 Å². The molecule has 4 heteroatoms. The summed E-state index contributed by atoms with van der Waals surface area (Å²) in [6, 6.07) is 6.05. The van der Waals surface area contributed by atoms with Crippen molar-refractivity contribution in [3.05, 3.63) is 28.2 Å². The maximum atomic E-state index is 12.2. The molecule has 1 aromatic carbocycles. The molecule has 0 unspecified atom stereocenters. The molecule has 1 heterocycles. The average Bonchev–Trinajstić information content (AvgIpc) is 2.46. The number of piperidine rings is 1. The average molecular weight is 354 g/mol. The fraction of sp³-hybridized carbons (Fsp3) is 0.588. The molecule has 0 bridgehead atoms. The van der Waals surface area contributed by atoms with Crippen molar-refractivity contribution in [1.29, 1.82) is 0 Å². The van der Waals surface area contributed by atoms with Gasteiger partial charge in [0.25, 0.3) is 5.91 Å². The Labute approximate surface area is 135 Å². The molecule has 0 aromatic heterocycles. The molecular weight excluding hydrogens is 330 g/mol. The number of benzene rings is 1. The first-order chi connectivity index (χ1) is 9.97. The number of ether oxygens (including phenoxy) is 1. The molecule has 0 aliphatic carbocycles. The van der Waals surface area contributed by atoms with Crippen molar-refractivity contribution < 1.29 is 9.53 Å². The topological polar surface area (TPSA) is 29.5 Å². The normalized spacial score (nSPS) is 16.3. The van der Waals surface area contributed by atoms with Gasteiger partial charge in [-0.3, -0.25) is 4.79 Å². The maximum Gasteiger partial charge on any atom is 0.260 e. The molecule has 1 fully saturated rings. The summed E-state index contributed by atoms with van der Waals surface area (Å²) < 4.78 is 6.59. The number of likely N-dealkylation sites (tertiary alicyclic amines) is 1. The number of carbonyl (C=O) groups excluding carboxylic acids is 1. The third kappa shape index (κ3) is 4.47. The van der Waals surface area contributed by atoms with Crippen LogP contribution in [0.1, 0.15) is 45.1 Å². The van der Waals surface area contributed by atoms with Crippen LogP contribution < -0.4 is 4.74 Å². The largest absolute Gasteiger partial charge is 0.483 e. The molecule has 3 nitrogen and oxygen atoms in total. The number of rotatable bonds is 4. The van der Waals surface area contributed by atoms with Crippen molar-refractivity contribution in [1.82, 2.24) is 4.90 Å². The third-order valence-corrected chi connectivity index (χ3v) is 4.73. The molecule has 1 aromatic rings. The molecule has 1 saturated heterocycles. The Balaban J connectivity index is 1.89. The van der Waals surface area contributed by atoms with Crippen molar-refractivity contribution in [3.8, 4) is 5.75 Å². The minimum Gasteiger partial charge on any atom is -0.483 e. The summed E-state index contributed by atoms with van der Waals surface area (Å²) in [6.45, 7) is 8.39. The summed E-state index contributed by atoms with van der Waals surface area (Å²) in [5.41, 5.74) is 1.26. The number of amides is 1. The van der Waals surface area contributed by atoms with E-state index >= 15 is 0 Å². The zero-order valence-corrected chi connectivity index (χ0v) is 14.6. The molecule has 21 heavy (non-hydrogen) atoms. The van der Waals surface area contributed by atoms with Crippen LogP contribution in [0.5, 0.6) is 5.75 Å². The summed E-state index contributed by atoms with van der Waals surface area (Å²) in [6.07, 6.45) is 2.19. The predicted octanol–water partition coefficient (Wildman–Crippen LogP) is 4.21. The zero-order chi connectivity index (χ0) is 15.4. The molecule has 1 aliphatic rings. The molecule has 0 radical (unpaired) electrons. The monoisotopic (exact) mass is 353 g/mol. The first-order valence-corrected chi connectivity index (χ1v) is 8.46. The van der Waals surface area contributed by atoms with E-state index in [0.29, 0.717) is 5.92 Å². The van der Waals surface area contributed by atoms with Crippen LogP contribution in [-0.4, -0.2) is 30.5 Å². The fourth-order valence-electron chi connectivity index (χ4n) is 2.48. The summed E-state index contributed by atoms with van der Waals surface area (Å²) in [4.78, 5) is 14.1. The Morgan fingerprint density at radius 2 is 2.05 bits per heavy atom. The highest BCUT2D eigenvalue weighted by atomic mass is 79.9. The molecular formula is C17H24BrNO2. The van der Waals surface area contributed by atoms with Gasteiger partial charge >= 0.3 is 0 Å². The predicted molar refractivity (Wildman–Crippen MR) is 88.7 cm³/mol. The van der Waals surface area contributed by atoms with Gasteiger partial charge in [-0.2, -0.15) is 0 Å². The second-order valence-corrected chi connectivity index (χ2v) is 7.05. The highest BCUT2D eigenvalue weighted by Crippen LogP contribution is 2.29. The SMILES string of the molecule is CC1CCN(C(=O)COc2ccc(C(C)C)cc2Br)CC1. The highest BCUT2D eigenvalue weighted by molar-refractivity contribution is 9.10. The third-order valence-electron chi connectivity index (χ3n) is 4.11. The quantitative estimate of drug-likeness (QED) is 0.811. The first kappa shape index (κ1) is 16.3. The van der Waals surface area contributed by atoms with E-state index in [1.54, 1.807) is 0 Å². The number of halogens is 1. The molecule has 0 N–H and O–H groups in total. The molecule has 0 atom stereocenters. The van der Waals surface area contributed by atoms with E-state index in [1.165, 1.54) is 5.56 Å². The molecule has 0 saturated carbocycles. The highest BCUT2D eigenvalue weighted by Gasteiger charge is 2.20. The van der Waals surface area contributed by atoms with Crippen molar-refractivity contribution >= 4 is 21.8 Å². The second kappa shape index (κ2) is 7.30. The Kier molecular flexibility index (Phi) is 5.68. The lowest BCUT2D eigenvalue weighted by atomic mass is 9.99. The lowest BCUT2D eigenvalue weighted by molar-refractivity contribution is -0.134. The minimum absolute atomic E-state index is 0.0849. The fourth-order valence-corrected chi connectivity index (χ4v) is 2.99. The smallest absolute Gasteiger partial charge is 0.260 e. The Morgan fingerprint density at radius 3 is 2.62 bits per heavy atom. The molecule has 0 spiro atoms. The van der Waals surface area contributed by atoms with E-state index in [2.05, 4.69) is 48.8 Å². The van der Waals surface area contributed by atoms with E-state index in [1.807, 2.05) is 11.0 Å². The van der Waals surface area contributed by atoms with Crippen LogP contribution in [0, 0.1) is 5.92 Å². The zero-order valence-electron chi connectivity index (χ0n) is 13.1. The van der Waals surface area contributed by atoms with Gasteiger partial charge in [-0.05, 0) is 58.3 Å². The van der Waals surface area contributed by atoms with Gasteiger partial charge in [0, 0.05) is 13.1 Å². The molecule has 1 aliphatic heterocycles. The van der Waals surface area contributed by atoms with E-state index in [9.17, 15) is 4.79 Å². The number of hydrogen-bond donors (Lipinski definition) is 0. The standard InChI is InChI=1S/C17H24BrNO2/c1-12(2)14-4-5-16(15(18)10-14)21-11-17(20)19-8-6-13(3)7-9-19/h4-5,10,12-13H,6-9,11H2,1-3H3. The number of carbonyl (C=O) groups is 1. The van der Waals surface area contributed by atoms with Crippen LogP contribution in [0.25, 0.3) is 0 Å². The summed E-state index contributed by atoms with van der Waals surface area (Å²) in [5, 5.41) is 0. The van der Waals surface area contributed by atoms with Crippen molar-refractivity contribution in [2.75, 3.05) is 19.7 Å². The summed E-state index contributed by atoms with van der Waals surface area (Å²) in [7, 11) is 0. The first-order valence-electron chi connectivity index (χ1n) is 7.67. The Bertz CT molecular complexity index is 494. The van der Waals surface area contributed by atoms with E-state index in [4.69, 9.17) is 4.74 Å². The maximum absolute atomic E-state index is 12.2. The van der Waals surface area contributed by atoms with Gasteiger partial charge in [-0.25, -0.2) is 0 Å². The van der Waals surface area contributed by atoms with Crippen LogP contribution >= 0.6 is 15.9 Å². The van der Waals surface area contributed by atoms with Gasteiger partial charge in [0.15, 0.2) is 6.61 Å². The van der Waals surface area contributed by atoms with Crippen molar-refractivity contribution in [2.45, 2.75) is 39.5 Å². The number of hydrogen-bond acceptors (Lipinski definition) is 2.